The highest BCUT2D eigenvalue weighted by atomic mass is 16.5. The van der Waals surface area contributed by atoms with Gasteiger partial charge in [-0.05, 0) is 37.6 Å². The maximum Gasteiger partial charge on any atom is 0.316 e. The van der Waals surface area contributed by atoms with E-state index in [-0.39, 0.29) is 12.3 Å². The van der Waals surface area contributed by atoms with Crippen molar-refractivity contribution < 1.29 is 14.3 Å². The number of carbonyl (C=O) groups excluding carboxylic acids is 2. The van der Waals surface area contributed by atoms with Crippen molar-refractivity contribution in [3.8, 4) is 5.75 Å². The van der Waals surface area contributed by atoms with E-state index in [9.17, 15) is 9.59 Å². The third kappa shape index (κ3) is 3.28. The first-order valence-electron chi connectivity index (χ1n) is 8.96. The number of amides is 1. The van der Waals surface area contributed by atoms with Gasteiger partial charge in [-0.1, -0.05) is 35.9 Å². The number of carbonyl (C=O) groups is 2. The van der Waals surface area contributed by atoms with Gasteiger partial charge >= 0.3 is 5.97 Å². The van der Waals surface area contributed by atoms with Gasteiger partial charge in [-0.15, -0.1) is 0 Å². The zero-order chi connectivity index (χ0) is 19.0. The summed E-state index contributed by atoms with van der Waals surface area (Å²) in [4.78, 5) is 31.2. The van der Waals surface area contributed by atoms with E-state index in [1.165, 1.54) is 0 Å². The van der Waals surface area contributed by atoms with E-state index in [1.54, 1.807) is 17.2 Å². The van der Waals surface area contributed by atoms with Gasteiger partial charge in [0.05, 0.1) is 5.92 Å². The Morgan fingerprint density at radius 3 is 2.78 bits per heavy atom. The number of fused-ring (bicyclic) bond motifs is 1. The Balaban J connectivity index is 1.54. The lowest BCUT2D eigenvalue weighted by Crippen LogP contribution is -2.27. The van der Waals surface area contributed by atoms with Crippen LogP contribution in [0, 0.1) is 19.8 Å². The van der Waals surface area contributed by atoms with Crippen molar-refractivity contribution in [2.45, 2.75) is 20.3 Å². The highest BCUT2D eigenvalue weighted by Crippen LogP contribution is 2.30. The summed E-state index contributed by atoms with van der Waals surface area (Å²) in [5.74, 6) is -0.513. The van der Waals surface area contributed by atoms with Crippen molar-refractivity contribution in [2.75, 3.05) is 11.4 Å². The fourth-order valence-corrected chi connectivity index (χ4v) is 3.56. The lowest BCUT2D eigenvalue weighted by atomic mass is 10.1. The summed E-state index contributed by atoms with van der Waals surface area (Å²) in [6, 6.07) is 15.2. The quantitative estimate of drug-likeness (QED) is 0.526. The minimum atomic E-state index is -0.489. The van der Waals surface area contributed by atoms with E-state index in [1.807, 2.05) is 56.3 Å². The summed E-state index contributed by atoms with van der Waals surface area (Å²) in [7, 11) is 0. The zero-order valence-corrected chi connectivity index (χ0v) is 15.3. The molecule has 1 saturated heterocycles. The van der Waals surface area contributed by atoms with Crippen molar-refractivity contribution in [2.24, 2.45) is 5.92 Å². The molecule has 0 unspecified atom stereocenters. The number of ether oxygens (including phenoxy) is 1. The molecule has 4 rings (SSSR count). The van der Waals surface area contributed by atoms with Crippen LogP contribution >= 0.6 is 0 Å². The van der Waals surface area contributed by atoms with Crippen LogP contribution in [0.3, 0.4) is 0 Å². The number of nitrogens with zero attached hydrogens (tertiary/aromatic N) is 2. The summed E-state index contributed by atoms with van der Waals surface area (Å²) in [5, 5.41) is 0.905. The van der Waals surface area contributed by atoms with Crippen LogP contribution in [0.15, 0.2) is 54.7 Å². The van der Waals surface area contributed by atoms with Gasteiger partial charge in [-0.3, -0.25) is 14.6 Å². The topological polar surface area (TPSA) is 59.5 Å². The molecule has 1 aliphatic heterocycles. The largest absolute Gasteiger partial charge is 0.424 e. The van der Waals surface area contributed by atoms with Crippen molar-refractivity contribution in [1.29, 1.82) is 0 Å². The summed E-state index contributed by atoms with van der Waals surface area (Å²) >= 11 is 0. The van der Waals surface area contributed by atoms with Crippen LogP contribution in [0.4, 0.5) is 5.69 Å². The molecule has 0 bridgehead atoms. The molecule has 136 valence electrons. The summed E-state index contributed by atoms with van der Waals surface area (Å²) in [6.45, 7) is 4.32. The molecule has 27 heavy (non-hydrogen) atoms. The lowest BCUT2D eigenvalue weighted by Gasteiger charge is -2.19. The molecule has 1 amide bonds. The molecule has 0 aliphatic carbocycles. The number of pyridine rings is 1. The molecule has 1 aromatic heterocycles. The second-order valence-electron chi connectivity index (χ2n) is 6.95. The maximum absolute atomic E-state index is 12.7. The number of para-hydroxylation sites is 1. The Hall–Kier alpha value is -3.21. The van der Waals surface area contributed by atoms with Crippen LogP contribution in [0.25, 0.3) is 10.9 Å². The number of benzene rings is 2. The SMILES string of the molecule is Cc1ccc(N2C[C@@H](C(=O)Oc3cccc4cccnc34)CC2=O)c(C)c1. The Kier molecular flexibility index (Phi) is 4.36. The molecule has 3 aromatic rings. The van der Waals surface area contributed by atoms with Gasteiger partial charge in [0.15, 0.2) is 5.75 Å². The number of aryl methyl sites for hydroxylation is 2. The Morgan fingerprint density at radius 1 is 1.15 bits per heavy atom. The van der Waals surface area contributed by atoms with E-state index in [0.29, 0.717) is 17.8 Å². The lowest BCUT2D eigenvalue weighted by molar-refractivity contribution is -0.139. The first-order valence-corrected chi connectivity index (χ1v) is 8.96. The molecule has 0 N–H and O–H groups in total. The minimum absolute atomic E-state index is 0.0556. The summed E-state index contributed by atoms with van der Waals surface area (Å²) in [6.07, 6.45) is 1.82. The molecule has 5 heteroatoms. The normalized spacial score (nSPS) is 16.7. The molecule has 1 aliphatic rings. The van der Waals surface area contributed by atoms with Gasteiger partial charge in [0, 0.05) is 30.2 Å². The van der Waals surface area contributed by atoms with Crippen molar-refractivity contribution >= 4 is 28.5 Å². The molecule has 2 aromatic carbocycles. The van der Waals surface area contributed by atoms with E-state index >= 15 is 0 Å². The Labute approximate surface area is 157 Å². The molecule has 0 spiro atoms. The Bertz CT molecular complexity index is 1040. The number of anilines is 1. The molecule has 2 heterocycles. The summed E-state index contributed by atoms with van der Waals surface area (Å²) < 4.78 is 5.61. The van der Waals surface area contributed by atoms with Crippen LogP contribution in [-0.4, -0.2) is 23.4 Å². The van der Waals surface area contributed by atoms with Crippen LogP contribution in [0.1, 0.15) is 17.5 Å². The van der Waals surface area contributed by atoms with Gasteiger partial charge in [-0.2, -0.15) is 0 Å². The highest BCUT2D eigenvalue weighted by Gasteiger charge is 2.37. The first kappa shape index (κ1) is 17.2. The predicted octanol–water partition coefficient (Wildman–Crippen LogP) is 3.81. The number of aromatic nitrogens is 1. The smallest absolute Gasteiger partial charge is 0.316 e. The second kappa shape index (κ2) is 6.83. The molecule has 0 radical (unpaired) electrons. The van der Waals surface area contributed by atoms with Crippen LogP contribution < -0.4 is 9.64 Å². The third-order valence-electron chi connectivity index (χ3n) is 4.91. The van der Waals surface area contributed by atoms with Crippen LogP contribution in [-0.2, 0) is 9.59 Å². The summed E-state index contributed by atoms with van der Waals surface area (Å²) in [5.41, 5.74) is 3.66. The number of rotatable bonds is 3. The van der Waals surface area contributed by atoms with E-state index in [4.69, 9.17) is 4.74 Å². The molecule has 5 nitrogen and oxygen atoms in total. The number of hydrogen-bond acceptors (Lipinski definition) is 4. The van der Waals surface area contributed by atoms with Crippen molar-refractivity contribution in [1.82, 2.24) is 4.98 Å². The first-order chi connectivity index (χ1) is 13.0. The van der Waals surface area contributed by atoms with E-state index in [0.717, 1.165) is 22.2 Å². The van der Waals surface area contributed by atoms with E-state index < -0.39 is 11.9 Å². The highest BCUT2D eigenvalue weighted by molar-refractivity contribution is 6.00. The van der Waals surface area contributed by atoms with Gasteiger partial charge < -0.3 is 9.64 Å². The van der Waals surface area contributed by atoms with E-state index in [2.05, 4.69) is 4.98 Å². The van der Waals surface area contributed by atoms with Crippen LogP contribution in [0.2, 0.25) is 0 Å². The van der Waals surface area contributed by atoms with Crippen molar-refractivity contribution in [3.05, 3.63) is 65.9 Å². The fourth-order valence-electron chi connectivity index (χ4n) is 3.56. The maximum atomic E-state index is 12.7. The zero-order valence-electron chi connectivity index (χ0n) is 15.3. The van der Waals surface area contributed by atoms with Gasteiger partial charge in [0.25, 0.3) is 0 Å². The molecule has 0 saturated carbocycles. The Morgan fingerprint density at radius 2 is 1.96 bits per heavy atom. The van der Waals surface area contributed by atoms with Crippen molar-refractivity contribution in [3.63, 3.8) is 0 Å². The standard InChI is InChI=1S/C22H20N2O3/c1-14-8-9-18(15(2)11-14)24-13-17(12-20(24)25)22(26)27-19-7-3-5-16-6-4-10-23-21(16)19/h3-11,17H,12-13H2,1-2H3/t17-/m0/s1. The number of hydrogen-bond donors (Lipinski definition) is 0. The minimum Gasteiger partial charge on any atom is -0.424 e. The predicted molar refractivity (Wildman–Crippen MR) is 104 cm³/mol. The van der Waals surface area contributed by atoms with Gasteiger partial charge in [0.1, 0.15) is 5.52 Å². The molecule has 1 fully saturated rings. The average Bonchev–Trinajstić information content (AvgIpc) is 3.04. The average molecular weight is 360 g/mol. The molecular weight excluding hydrogens is 340 g/mol. The van der Waals surface area contributed by atoms with Gasteiger partial charge in [0.2, 0.25) is 5.91 Å². The third-order valence-corrected chi connectivity index (χ3v) is 4.91. The second-order valence-corrected chi connectivity index (χ2v) is 6.95. The molecular formula is C22H20N2O3. The van der Waals surface area contributed by atoms with Gasteiger partial charge in [-0.25, -0.2) is 0 Å². The molecule has 1 atom stereocenters. The van der Waals surface area contributed by atoms with Crippen LogP contribution in [0.5, 0.6) is 5.75 Å². The fraction of sp³-hybridized carbons (Fsp3) is 0.227. The number of esters is 1. The monoisotopic (exact) mass is 360 g/mol.